The predicted octanol–water partition coefficient (Wildman–Crippen LogP) is 3.37. The van der Waals surface area contributed by atoms with E-state index in [4.69, 9.17) is 0 Å². The summed E-state index contributed by atoms with van der Waals surface area (Å²) in [6, 6.07) is 8.11. The number of benzene rings is 1. The number of hydrogen-bond donors (Lipinski definition) is 0. The summed E-state index contributed by atoms with van der Waals surface area (Å²) >= 11 is 0. The summed E-state index contributed by atoms with van der Waals surface area (Å²) in [5.74, 6) is 1.79. The molecule has 0 radical (unpaired) electrons. The summed E-state index contributed by atoms with van der Waals surface area (Å²) in [6.07, 6.45) is 5.04. The fraction of sp³-hybridized carbons (Fsp3) is 0.562. The van der Waals surface area contributed by atoms with Crippen LogP contribution in [0.25, 0.3) is 0 Å². The summed E-state index contributed by atoms with van der Waals surface area (Å²) in [5, 5.41) is 0. The Kier molecular flexibility index (Phi) is 3.11. The first-order chi connectivity index (χ1) is 8.78. The van der Waals surface area contributed by atoms with Gasteiger partial charge in [-0.2, -0.15) is 0 Å². The summed E-state index contributed by atoms with van der Waals surface area (Å²) < 4.78 is 0. The van der Waals surface area contributed by atoms with Crippen LogP contribution in [0.5, 0.6) is 0 Å². The van der Waals surface area contributed by atoms with Gasteiger partial charge < -0.3 is 4.90 Å². The highest BCUT2D eigenvalue weighted by atomic mass is 16.2. The topological polar surface area (TPSA) is 20.3 Å². The molecule has 0 aromatic heterocycles. The summed E-state index contributed by atoms with van der Waals surface area (Å²) in [4.78, 5) is 14.5. The van der Waals surface area contributed by atoms with E-state index < -0.39 is 0 Å². The molecule has 2 atom stereocenters. The minimum atomic E-state index is 0. The lowest BCUT2D eigenvalue weighted by Gasteiger charge is -2.17. The number of carbonyl (C=O) groups is 1. The minimum Gasteiger partial charge on any atom is -0.338 e. The normalized spacial score (nSPS) is 26.4. The molecule has 2 fully saturated rings. The molecule has 2 nitrogen and oxygen atoms in total. The summed E-state index contributed by atoms with van der Waals surface area (Å²) in [7, 11) is 0. The Bertz CT molecular complexity index is 431. The average Bonchev–Trinajstić information content (AvgIpc) is 2.99. The van der Waals surface area contributed by atoms with Crippen molar-refractivity contribution < 1.29 is 6.22 Å². The highest BCUT2D eigenvalue weighted by Gasteiger charge is 2.38. The van der Waals surface area contributed by atoms with E-state index in [0.717, 1.165) is 36.9 Å². The molecule has 1 saturated carbocycles. The second-order valence-electron chi connectivity index (χ2n) is 5.71. The van der Waals surface area contributed by atoms with Gasteiger partial charge in [-0.3, -0.25) is 4.79 Å². The molecule has 1 aromatic carbocycles. The Balaban J connectivity index is 0.00000133. The Labute approximate surface area is 110 Å². The van der Waals surface area contributed by atoms with Crippen LogP contribution in [0.4, 0.5) is 0 Å². The van der Waals surface area contributed by atoms with E-state index in [2.05, 4.69) is 24.0 Å². The van der Waals surface area contributed by atoms with Gasteiger partial charge in [0.25, 0.3) is 5.91 Å². The number of nitrogens with zero attached hydrogens (tertiary/aromatic N) is 1. The zero-order valence-corrected chi connectivity index (χ0v) is 11.1. The number of amides is 1. The van der Waals surface area contributed by atoms with Gasteiger partial charge in [0.2, 0.25) is 0 Å². The van der Waals surface area contributed by atoms with Crippen molar-refractivity contribution in [3.8, 4) is 0 Å². The average molecular weight is 245 g/mol. The Morgan fingerprint density at radius 1 is 1.22 bits per heavy atom. The molecule has 3 rings (SSSR count). The van der Waals surface area contributed by atoms with Crippen LogP contribution >= 0.6 is 0 Å². The van der Waals surface area contributed by atoms with Crippen molar-refractivity contribution >= 4 is 5.91 Å². The molecule has 18 heavy (non-hydrogen) atoms. The quantitative estimate of drug-likeness (QED) is 0.782. The van der Waals surface area contributed by atoms with Gasteiger partial charge >= 0.3 is 0 Å². The molecule has 0 bridgehead atoms. The van der Waals surface area contributed by atoms with E-state index in [1.54, 1.807) is 0 Å². The molecule has 0 unspecified atom stereocenters. The molecule has 0 N–H and O–H groups in total. The van der Waals surface area contributed by atoms with Crippen molar-refractivity contribution in [2.75, 3.05) is 13.1 Å². The van der Waals surface area contributed by atoms with Crippen LogP contribution in [0.15, 0.2) is 24.3 Å². The minimum absolute atomic E-state index is 0. The van der Waals surface area contributed by atoms with Gasteiger partial charge in [0.15, 0.2) is 0 Å². The number of likely N-dealkylation sites (tertiary alicyclic amines) is 1. The van der Waals surface area contributed by atoms with Crippen LogP contribution < -0.4 is 0 Å². The Morgan fingerprint density at radius 3 is 2.39 bits per heavy atom. The van der Waals surface area contributed by atoms with Gasteiger partial charge in [-0.25, -0.2) is 0 Å². The van der Waals surface area contributed by atoms with Gasteiger partial charge in [-0.15, -0.1) is 0 Å². The molecule has 2 heteroatoms. The molecule has 2 aliphatic rings. The van der Waals surface area contributed by atoms with Crippen molar-refractivity contribution in [2.24, 2.45) is 11.8 Å². The van der Waals surface area contributed by atoms with Crippen molar-refractivity contribution in [3.05, 3.63) is 35.4 Å². The number of hydrogen-bond acceptors (Lipinski definition) is 1. The fourth-order valence-electron chi connectivity index (χ4n) is 3.47. The van der Waals surface area contributed by atoms with Gasteiger partial charge in [0.1, 0.15) is 0 Å². The molecule has 1 saturated heterocycles. The molecule has 1 aliphatic carbocycles. The fourth-order valence-corrected chi connectivity index (χ4v) is 3.47. The molecule has 0 spiro atoms. The molecule has 1 amide bonds. The maximum Gasteiger partial charge on any atom is 0.253 e. The number of aryl methyl sites for hydroxylation is 1. The number of carbonyl (C=O) groups excluding carboxylic acids is 1. The van der Waals surface area contributed by atoms with Crippen LogP contribution in [0, 0.1) is 11.8 Å². The Morgan fingerprint density at radius 2 is 1.83 bits per heavy atom. The van der Waals surface area contributed by atoms with Gasteiger partial charge in [-0.1, -0.05) is 25.5 Å². The van der Waals surface area contributed by atoms with Crippen molar-refractivity contribution in [2.45, 2.75) is 32.6 Å². The lowest BCUT2D eigenvalue weighted by Crippen LogP contribution is -2.29. The molecule has 1 heterocycles. The summed E-state index contributed by atoms with van der Waals surface area (Å²) in [6.45, 7) is 4.11. The molecular formula is C16H23NO. The van der Waals surface area contributed by atoms with Gasteiger partial charge in [-0.05, 0) is 48.8 Å². The lowest BCUT2D eigenvalue weighted by molar-refractivity contribution is 0.0780. The number of fused-ring (bicyclic) bond motifs is 1. The van der Waals surface area contributed by atoms with Crippen LogP contribution in [0.1, 0.15) is 43.5 Å². The predicted molar refractivity (Wildman–Crippen MR) is 74.7 cm³/mol. The lowest BCUT2D eigenvalue weighted by atomic mass is 10.0. The number of rotatable bonds is 2. The molecule has 1 aromatic rings. The third-order valence-corrected chi connectivity index (χ3v) is 4.62. The molecule has 1 aliphatic heterocycles. The second kappa shape index (κ2) is 4.75. The van der Waals surface area contributed by atoms with E-state index in [0.29, 0.717) is 0 Å². The van der Waals surface area contributed by atoms with E-state index in [-0.39, 0.29) is 7.33 Å². The van der Waals surface area contributed by atoms with E-state index >= 15 is 0 Å². The third-order valence-electron chi connectivity index (χ3n) is 4.62. The first-order valence-electron chi connectivity index (χ1n) is 7.16. The van der Waals surface area contributed by atoms with E-state index in [1.165, 1.54) is 24.8 Å². The van der Waals surface area contributed by atoms with E-state index in [1.807, 2.05) is 12.1 Å². The van der Waals surface area contributed by atoms with Crippen molar-refractivity contribution in [1.82, 2.24) is 4.90 Å². The van der Waals surface area contributed by atoms with E-state index in [9.17, 15) is 4.79 Å². The first kappa shape index (κ1) is 11.8. The van der Waals surface area contributed by atoms with Gasteiger partial charge in [0.05, 0.1) is 0 Å². The van der Waals surface area contributed by atoms with Crippen LogP contribution in [0.2, 0.25) is 0 Å². The standard InChI is InChI=1S/C16H21NO.H2/c1-2-12-6-8-13(9-7-12)16(18)17-10-14-4-3-5-15(14)11-17;/h6-9,14-15H,2-5,10-11H2,1H3;1H/t14-,15+;. The highest BCUT2D eigenvalue weighted by molar-refractivity contribution is 5.94. The van der Waals surface area contributed by atoms with Gasteiger partial charge in [0, 0.05) is 20.1 Å². The van der Waals surface area contributed by atoms with Crippen LogP contribution in [-0.4, -0.2) is 23.9 Å². The zero-order valence-electron chi connectivity index (χ0n) is 11.1. The monoisotopic (exact) mass is 245 g/mol. The smallest absolute Gasteiger partial charge is 0.253 e. The third kappa shape index (κ3) is 2.05. The molecular weight excluding hydrogens is 222 g/mol. The van der Waals surface area contributed by atoms with Crippen molar-refractivity contribution in [1.29, 1.82) is 0 Å². The summed E-state index contributed by atoms with van der Waals surface area (Å²) in [5.41, 5.74) is 2.15. The maximum absolute atomic E-state index is 12.4. The second-order valence-corrected chi connectivity index (χ2v) is 5.71. The highest BCUT2D eigenvalue weighted by Crippen LogP contribution is 2.38. The zero-order chi connectivity index (χ0) is 12.5. The first-order valence-corrected chi connectivity index (χ1v) is 7.16. The van der Waals surface area contributed by atoms with Crippen molar-refractivity contribution in [3.63, 3.8) is 0 Å². The largest absolute Gasteiger partial charge is 0.338 e. The van der Waals surface area contributed by atoms with Crippen LogP contribution in [-0.2, 0) is 6.42 Å². The molecule has 98 valence electrons. The maximum atomic E-state index is 12.4. The van der Waals surface area contributed by atoms with Crippen LogP contribution in [0.3, 0.4) is 0 Å². The SMILES string of the molecule is CCc1ccc(C(=O)N2C[C@H]3CCC[C@H]3C2)cc1.[HH]. The Hall–Kier alpha value is -1.31.